The van der Waals surface area contributed by atoms with Crippen LogP contribution in [0.25, 0.3) is 0 Å². The zero-order valence-electron chi connectivity index (χ0n) is 8.84. The van der Waals surface area contributed by atoms with Crippen LogP contribution >= 0.6 is 0 Å². The minimum Gasteiger partial charge on any atom is -0.508 e. The lowest BCUT2D eigenvalue weighted by Crippen LogP contribution is -2.22. The fourth-order valence-electron chi connectivity index (χ4n) is 1.39. The molecule has 0 fully saturated rings. The minimum atomic E-state index is -0.384. The molecule has 0 aliphatic carbocycles. The Morgan fingerprint density at radius 3 is 2.59 bits per heavy atom. The first-order chi connectivity index (χ1) is 8.15. The molecule has 1 aromatic carbocycles. The van der Waals surface area contributed by atoms with Crippen LogP contribution in [0.15, 0.2) is 30.7 Å². The highest BCUT2D eigenvalue weighted by Crippen LogP contribution is 2.20. The average molecular weight is 233 g/mol. The maximum absolute atomic E-state index is 11.7. The smallest absolute Gasteiger partial charge is 0.251 e. The summed E-state index contributed by atoms with van der Waals surface area (Å²) in [6, 6.07) is 3.72. The van der Waals surface area contributed by atoms with Gasteiger partial charge in [-0.25, -0.2) is 4.98 Å². The van der Waals surface area contributed by atoms with E-state index in [1.807, 2.05) is 0 Å². The molecule has 0 saturated heterocycles. The van der Waals surface area contributed by atoms with Gasteiger partial charge in [0, 0.05) is 17.8 Å². The highest BCUT2D eigenvalue weighted by atomic mass is 16.3. The maximum atomic E-state index is 11.7. The molecule has 0 radical (unpaired) electrons. The van der Waals surface area contributed by atoms with Crippen molar-refractivity contribution in [2.24, 2.45) is 0 Å². The van der Waals surface area contributed by atoms with E-state index < -0.39 is 0 Å². The van der Waals surface area contributed by atoms with Gasteiger partial charge in [-0.05, 0) is 12.1 Å². The van der Waals surface area contributed by atoms with Crippen molar-refractivity contribution in [3.05, 3.63) is 42.0 Å². The van der Waals surface area contributed by atoms with Gasteiger partial charge < -0.3 is 20.5 Å². The zero-order valence-corrected chi connectivity index (χ0v) is 8.84. The molecule has 0 bridgehead atoms. The first kappa shape index (κ1) is 11.0. The van der Waals surface area contributed by atoms with Crippen molar-refractivity contribution >= 4 is 5.91 Å². The van der Waals surface area contributed by atoms with E-state index in [1.54, 1.807) is 6.20 Å². The van der Waals surface area contributed by atoms with Gasteiger partial charge in [0.15, 0.2) is 0 Å². The predicted octanol–water partition coefficient (Wildman–Crippen LogP) is 0.751. The average Bonchev–Trinajstić information content (AvgIpc) is 2.77. The van der Waals surface area contributed by atoms with Gasteiger partial charge in [0.1, 0.15) is 11.5 Å². The van der Waals surface area contributed by atoms with E-state index in [4.69, 9.17) is 0 Å². The van der Waals surface area contributed by atoms with E-state index in [-0.39, 0.29) is 23.0 Å². The summed E-state index contributed by atoms with van der Waals surface area (Å²) in [5.41, 5.74) is 0.963. The molecule has 1 aromatic heterocycles. The summed E-state index contributed by atoms with van der Waals surface area (Å²) in [5, 5.41) is 21.1. The Labute approximate surface area is 96.9 Å². The van der Waals surface area contributed by atoms with E-state index in [9.17, 15) is 15.0 Å². The van der Waals surface area contributed by atoms with Gasteiger partial charge in [0.25, 0.3) is 5.91 Å². The number of hydrogen-bond donors (Lipinski definition) is 4. The fraction of sp³-hybridized carbons (Fsp3) is 0.0909. The van der Waals surface area contributed by atoms with Crippen molar-refractivity contribution in [1.82, 2.24) is 15.3 Å². The Bertz CT molecular complexity index is 503. The second-order valence-corrected chi connectivity index (χ2v) is 3.50. The summed E-state index contributed by atoms with van der Waals surface area (Å²) >= 11 is 0. The molecule has 1 heterocycles. The molecule has 0 aliphatic rings. The van der Waals surface area contributed by atoms with Gasteiger partial charge in [0.05, 0.1) is 18.6 Å². The van der Waals surface area contributed by atoms with Gasteiger partial charge in [-0.2, -0.15) is 0 Å². The Morgan fingerprint density at radius 2 is 2.00 bits per heavy atom. The fourth-order valence-corrected chi connectivity index (χ4v) is 1.39. The topological polar surface area (TPSA) is 98.2 Å². The second kappa shape index (κ2) is 4.56. The van der Waals surface area contributed by atoms with Crippen LogP contribution in [0, 0.1) is 0 Å². The van der Waals surface area contributed by atoms with E-state index in [1.165, 1.54) is 18.5 Å². The van der Waals surface area contributed by atoms with Crippen molar-refractivity contribution in [1.29, 1.82) is 0 Å². The summed E-state index contributed by atoms with van der Waals surface area (Å²) in [7, 11) is 0. The number of carbonyl (C=O) groups excluding carboxylic acids is 1. The normalized spacial score (nSPS) is 10.1. The van der Waals surface area contributed by atoms with Crippen LogP contribution in [0.4, 0.5) is 0 Å². The zero-order chi connectivity index (χ0) is 12.3. The summed E-state index contributed by atoms with van der Waals surface area (Å²) in [6.45, 7) is 0.301. The number of amides is 1. The van der Waals surface area contributed by atoms with Gasteiger partial charge in [0.2, 0.25) is 0 Å². The molecule has 0 aliphatic heterocycles. The quantitative estimate of drug-likeness (QED) is 0.628. The summed E-state index contributed by atoms with van der Waals surface area (Å²) in [6.07, 6.45) is 3.11. The lowest BCUT2D eigenvalue weighted by Gasteiger charge is -2.04. The number of phenols is 2. The number of phenolic OH excluding ortho intramolecular Hbond substituents is 2. The SMILES string of the molecule is O=C(NCc1cnc[nH]1)c1cc(O)cc(O)c1. The van der Waals surface area contributed by atoms with Gasteiger partial charge >= 0.3 is 0 Å². The summed E-state index contributed by atoms with van der Waals surface area (Å²) in [4.78, 5) is 18.3. The molecule has 6 heteroatoms. The second-order valence-electron chi connectivity index (χ2n) is 3.50. The molecule has 0 spiro atoms. The lowest BCUT2D eigenvalue weighted by atomic mass is 10.2. The van der Waals surface area contributed by atoms with E-state index in [2.05, 4.69) is 15.3 Å². The van der Waals surface area contributed by atoms with Gasteiger partial charge in [-0.1, -0.05) is 0 Å². The molecule has 17 heavy (non-hydrogen) atoms. The first-order valence-electron chi connectivity index (χ1n) is 4.93. The van der Waals surface area contributed by atoms with Crippen LogP contribution in [0.3, 0.4) is 0 Å². The molecule has 4 N–H and O–H groups in total. The molecular weight excluding hydrogens is 222 g/mol. The van der Waals surface area contributed by atoms with Crippen LogP contribution in [0.5, 0.6) is 11.5 Å². The third kappa shape index (κ3) is 2.75. The molecule has 6 nitrogen and oxygen atoms in total. The first-order valence-corrected chi connectivity index (χ1v) is 4.93. The molecule has 0 unspecified atom stereocenters. The van der Waals surface area contributed by atoms with Crippen molar-refractivity contribution in [2.45, 2.75) is 6.54 Å². The highest BCUT2D eigenvalue weighted by molar-refractivity contribution is 5.94. The number of aromatic hydroxyl groups is 2. The van der Waals surface area contributed by atoms with Crippen molar-refractivity contribution in [3.8, 4) is 11.5 Å². The number of rotatable bonds is 3. The van der Waals surface area contributed by atoms with Crippen molar-refractivity contribution in [3.63, 3.8) is 0 Å². The molecule has 88 valence electrons. The third-order valence-electron chi connectivity index (χ3n) is 2.16. The van der Waals surface area contributed by atoms with Gasteiger partial charge in [-0.3, -0.25) is 4.79 Å². The number of H-pyrrole nitrogens is 1. The molecular formula is C11H11N3O3. The van der Waals surface area contributed by atoms with E-state index in [0.717, 1.165) is 11.8 Å². The standard InChI is InChI=1S/C11H11N3O3/c15-9-1-7(2-10(16)3-9)11(17)13-5-8-4-12-6-14-8/h1-4,6,15-16H,5H2,(H,12,14)(H,13,17). The van der Waals surface area contributed by atoms with Crippen molar-refractivity contribution < 1.29 is 15.0 Å². The van der Waals surface area contributed by atoms with Crippen LogP contribution in [0.2, 0.25) is 0 Å². The third-order valence-corrected chi connectivity index (χ3v) is 2.16. The number of aromatic nitrogens is 2. The summed E-state index contributed by atoms with van der Waals surface area (Å²) in [5.74, 6) is -0.695. The minimum absolute atomic E-state index is 0.156. The number of benzene rings is 1. The largest absolute Gasteiger partial charge is 0.508 e. The van der Waals surface area contributed by atoms with E-state index >= 15 is 0 Å². The Morgan fingerprint density at radius 1 is 1.29 bits per heavy atom. The Hall–Kier alpha value is -2.50. The number of nitrogens with zero attached hydrogens (tertiary/aromatic N) is 1. The number of aromatic amines is 1. The lowest BCUT2D eigenvalue weighted by molar-refractivity contribution is 0.0949. The Kier molecular flexibility index (Phi) is 2.95. The molecule has 1 amide bonds. The maximum Gasteiger partial charge on any atom is 0.251 e. The number of imidazole rings is 1. The van der Waals surface area contributed by atoms with Crippen LogP contribution in [-0.4, -0.2) is 26.1 Å². The van der Waals surface area contributed by atoms with Crippen LogP contribution in [0.1, 0.15) is 16.1 Å². The molecule has 2 rings (SSSR count). The van der Waals surface area contributed by atoms with Gasteiger partial charge in [-0.15, -0.1) is 0 Å². The van der Waals surface area contributed by atoms with Crippen LogP contribution < -0.4 is 5.32 Å². The molecule has 0 saturated carbocycles. The number of nitrogens with one attached hydrogen (secondary N) is 2. The monoisotopic (exact) mass is 233 g/mol. The van der Waals surface area contributed by atoms with E-state index in [0.29, 0.717) is 6.54 Å². The predicted molar refractivity (Wildman–Crippen MR) is 59.5 cm³/mol. The Balaban J connectivity index is 2.04. The summed E-state index contributed by atoms with van der Waals surface area (Å²) < 4.78 is 0. The molecule has 2 aromatic rings. The highest BCUT2D eigenvalue weighted by Gasteiger charge is 2.08. The van der Waals surface area contributed by atoms with Crippen LogP contribution in [-0.2, 0) is 6.54 Å². The van der Waals surface area contributed by atoms with Crippen molar-refractivity contribution in [2.75, 3.05) is 0 Å². The number of carbonyl (C=O) groups is 1. The number of hydrogen-bond acceptors (Lipinski definition) is 4. The molecule has 0 atom stereocenters.